The highest BCUT2D eigenvalue weighted by atomic mass is 16.3. The molecule has 0 radical (unpaired) electrons. The van der Waals surface area contributed by atoms with Gasteiger partial charge in [-0.2, -0.15) is 0 Å². The third-order valence-electron chi connectivity index (χ3n) is 3.54. The molecule has 18 heavy (non-hydrogen) atoms. The number of phenols is 1. The van der Waals surface area contributed by atoms with E-state index in [9.17, 15) is 9.90 Å². The fourth-order valence-electron chi connectivity index (χ4n) is 2.17. The maximum atomic E-state index is 12.5. The van der Waals surface area contributed by atoms with E-state index in [1.807, 2.05) is 4.90 Å². The van der Waals surface area contributed by atoms with E-state index in [1.165, 1.54) is 0 Å². The van der Waals surface area contributed by atoms with Crippen LogP contribution in [0.3, 0.4) is 0 Å². The first-order chi connectivity index (χ1) is 8.65. The van der Waals surface area contributed by atoms with Crippen molar-refractivity contribution in [2.24, 2.45) is 0 Å². The molecule has 0 aliphatic heterocycles. The van der Waals surface area contributed by atoms with Gasteiger partial charge in [-0.25, -0.2) is 0 Å². The molecule has 1 fully saturated rings. The van der Waals surface area contributed by atoms with Crippen molar-refractivity contribution in [3.8, 4) is 5.75 Å². The summed E-state index contributed by atoms with van der Waals surface area (Å²) in [7, 11) is 0. The van der Waals surface area contributed by atoms with E-state index in [0.717, 1.165) is 32.2 Å². The second-order valence-electron chi connectivity index (χ2n) is 5.03. The van der Waals surface area contributed by atoms with Gasteiger partial charge in [0.25, 0.3) is 5.91 Å². The number of hydrogen-bond donors (Lipinski definition) is 1. The molecule has 1 aromatic carbocycles. The van der Waals surface area contributed by atoms with Crippen molar-refractivity contribution < 1.29 is 9.90 Å². The number of benzene rings is 1. The van der Waals surface area contributed by atoms with Gasteiger partial charge in [-0.05, 0) is 38.3 Å². The Kier molecular flexibility index (Phi) is 3.90. The minimum atomic E-state index is 0.0688. The molecule has 0 heterocycles. The molecule has 1 saturated carbocycles. The van der Waals surface area contributed by atoms with Crippen LogP contribution in [-0.2, 0) is 0 Å². The normalized spacial score (nSPS) is 14.6. The number of hydrogen-bond acceptors (Lipinski definition) is 2. The Hall–Kier alpha value is -1.51. The summed E-state index contributed by atoms with van der Waals surface area (Å²) in [4.78, 5) is 14.5. The Morgan fingerprint density at radius 3 is 2.78 bits per heavy atom. The molecule has 3 nitrogen and oxygen atoms in total. The lowest BCUT2D eigenvalue weighted by Crippen LogP contribution is -2.34. The molecule has 1 N–H and O–H groups in total. The van der Waals surface area contributed by atoms with Gasteiger partial charge >= 0.3 is 0 Å². The van der Waals surface area contributed by atoms with Crippen molar-refractivity contribution in [2.45, 2.75) is 45.6 Å². The first kappa shape index (κ1) is 12.9. The topological polar surface area (TPSA) is 40.5 Å². The van der Waals surface area contributed by atoms with E-state index in [4.69, 9.17) is 0 Å². The number of carbonyl (C=O) groups is 1. The standard InChI is InChI=1S/C15H21NO2/c1-3-4-10-16(12-8-9-12)15(18)13-6-5-7-14(17)11(13)2/h5-7,12,17H,3-4,8-10H2,1-2H3. The van der Waals surface area contributed by atoms with Gasteiger partial charge in [0.05, 0.1) is 0 Å². The van der Waals surface area contributed by atoms with Gasteiger partial charge in [0.2, 0.25) is 0 Å². The number of carbonyl (C=O) groups excluding carboxylic acids is 1. The summed E-state index contributed by atoms with van der Waals surface area (Å²) in [6.45, 7) is 4.76. The summed E-state index contributed by atoms with van der Waals surface area (Å²) in [5, 5.41) is 9.69. The molecule has 0 spiro atoms. The molecule has 98 valence electrons. The van der Waals surface area contributed by atoms with Gasteiger partial charge in [-0.1, -0.05) is 19.4 Å². The summed E-state index contributed by atoms with van der Waals surface area (Å²) in [6, 6.07) is 5.59. The summed E-state index contributed by atoms with van der Waals surface area (Å²) in [6.07, 6.45) is 4.37. The Bertz CT molecular complexity index is 438. The highest BCUT2D eigenvalue weighted by molar-refractivity contribution is 5.96. The van der Waals surface area contributed by atoms with Crippen molar-refractivity contribution >= 4 is 5.91 Å². The third kappa shape index (κ3) is 2.66. The Morgan fingerprint density at radius 1 is 1.44 bits per heavy atom. The minimum absolute atomic E-state index is 0.0688. The lowest BCUT2D eigenvalue weighted by molar-refractivity contribution is 0.0739. The molecule has 1 aliphatic rings. The highest BCUT2D eigenvalue weighted by Gasteiger charge is 2.33. The van der Waals surface area contributed by atoms with Crippen LogP contribution in [0.2, 0.25) is 0 Å². The van der Waals surface area contributed by atoms with Crippen LogP contribution in [0.4, 0.5) is 0 Å². The largest absolute Gasteiger partial charge is 0.508 e. The molecular weight excluding hydrogens is 226 g/mol. The van der Waals surface area contributed by atoms with Crippen LogP contribution in [0.15, 0.2) is 18.2 Å². The quantitative estimate of drug-likeness (QED) is 0.868. The van der Waals surface area contributed by atoms with Crippen LogP contribution >= 0.6 is 0 Å². The zero-order chi connectivity index (χ0) is 13.1. The molecule has 3 heteroatoms. The van der Waals surface area contributed by atoms with Gasteiger partial charge in [-0.15, -0.1) is 0 Å². The predicted molar refractivity (Wildman–Crippen MR) is 71.8 cm³/mol. The van der Waals surface area contributed by atoms with Crippen molar-refractivity contribution in [3.05, 3.63) is 29.3 Å². The lowest BCUT2D eigenvalue weighted by atomic mass is 10.1. The van der Waals surface area contributed by atoms with E-state index in [-0.39, 0.29) is 11.7 Å². The fourth-order valence-corrected chi connectivity index (χ4v) is 2.17. The summed E-state index contributed by atoms with van der Waals surface area (Å²) in [5.74, 6) is 0.270. The second kappa shape index (κ2) is 5.42. The molecule has 0 aromatic heterocycles. The molecule has 0 unspecified atom stereocenters. The number of aromatic hydroxyl groups is 1. The van der Waals surface area contributed by atoms with Crippen LogP contribution in [0, 0.1) is 6.92 Å². The molecule has 1 aliphatic carbocycles. The van der Waals surface area contributed by atoms with Crippen LogP contribution in [-0.4, -0.2) is 28.5 Å². The minimum Gasteiger partial charge on any atom is -0.508 e. The number of phenolic OH excluding ortho intramolecular Hbond substituents is 1. The average molecular weight is 247 g/mol. The summed E-state index contributed by atoms with van der Waals surface area (Å²) < 4.78 is 0. The van der Waals surface area contributed by atoms with Crippen LogP contribution < -0.4 is 0 Å². The molecule has 0 saturated heterocycles. The smallest absolute Gasteiger partial charge is 0.254 e. The number of nitrogens with zero attached hydrogens (tertiary/aromatic N) is 1. The van der Waals surface area contributed by atoms with Crippen LogP contribution in [0.5, 0.6) is 5.75 Å². The monoisotopic (exact) mass is 247 g/mol. The van der Waals surface area contributed by atoms with Crippen molar-refractivity contribution in [1.82, 2.24) is 4.90 Å². The SMILES string of the molecule is CCCCN(C(=O)c1cccc(O)c1C)C1CC1. The molecule has 0 bridgehead atoms. The van der Waals surface area contributed by atoms with Gasteiger partial charge in [0.1, 0.15) is 5.75 Å². The van der Waals surface area contributed by atoms with Crippen LogP contribution in [0.25, 0.3) is 0 Å². The molecule has 2 rings (SSSR count). The maximum absolute atomic E-state index is 12.5. The van der Waals surface area contributed by atoms with Crippen molar-refractivity contribution in [1.29, 1.82) is 0 Å². The van der Waals surface area contributed by atoms with Crippen LogP contribution in [0.1, 0.15) is 48.5 Å². The van der Waals surface area contributed by atoms with E-state index >= 15 is 0 Å². The van der Waals surface area contributed by atoms with Gasteiger partial charge in [-0.3, -0.25) is 4.79 Å². The van der Waals surface area contributed by atoms with E-state index in [2.05, 4.69) is 6.92 Å². The second-order valence-corrected chi connectivity index (χ2v) is 5.03. The van der Waals surface area contributed by atoms with E-state index in [0.29, 0.717) is 17.2 Å². The molecular formula is C15H21NO2. The maximum Gasteiger partial charge on any atom is 0.254 e. The van der Waals surface area contributed by atoms with E-state index in [1.54, 1.807) is 25.1 Å². The summed E-state index contributed by atoms with van der Waals surface area (Å²) in [5.41, 5.74) is 1.32. The van der Waals surface area contributed by atoms with Crippen molar-refractivity contribution in [2.75, 3.05) is 6.54 Å². The highest BCUT2D eigenvalue weighted by Crippen LogP contribution is 2.30. The van der Waals surface area contributed by atoms with Gasteiger partial charge < -0.3 is 10.0 Å². The molecule has 1 aromatic rings. The molecule has 1 amide bonds. The third-order valence-corrected chi connectivity index (χ3v) is 3.54. The molecule has 0 atom stereocenters. The lowest BCUT2D eigenvalue weighted by Gasteiger charge is -2.23. The Balaban J connectivity index is 2.19. The summed E-state index contributed by atoms with van der Waals surface area (Å²) >= 11 is 0. The van der Waals surface area contributed by atoms with Gasteiger partial charge in [0, 0.05) is 23.7 Å². The first-order valence-corrected chi connectivity index (χ1v) is 6.74. The zero-order valence-electron chi connectivity index (χ0n) is 11.1. The predicted octanol–water partition coefficient (Wildman–Crippen LogP) is 3.11. The van der Waals surface area contributed by atoms with Gasteiger partial charge in [0.15, 0.2) is 0 Å². The number of unbranched alkanes of at least 4 members (excludes halogenated alkanes) is 1. The first-order valence-electron chi connectivity index (χ1n) is 6.74. The number of amides is 1. The fraction of sp³-hybridized carbons (Fsp3) is 0.533. The number of rotatable bonds is 5. The Morgan fingerprint density at radius 2 is 2.17 bits per heavy atom. The average Bonchev–Trinajstić information content (AvgIpc) is 3.17. The van der Waals surface area contributed by atoms with E-state index < -0.39 is 0 Å². The zero-order valence-corrected chi connectivity index (χ0v) is 11.1. The van der Waals surface area contributed by atoms with Crippen molar-refractivity contribution in [3.63, 3.8) is 0 Å². The Labute approximate surface area is 108 Å².